The highest BCUT2D eigenvalue weighted by molar-refractivity contribution is 5.92. The Morgan fingerprint density at radius 3 is 3.00 bits per heavy atom. The van der Waals surface area contributed by atoms with Gasteiger partial charge in [-0.05, 0) is 6.42 Å². The van der Waals surface area contributed by atoms with E-state index in [2.05, 4.69) is 20.3 Å². The number of carbonyl (C=O) groups excluding carboxylic acids is 1. The van der Waals surface area contributed by atoms with Gasteiger partial charge >= 0.3 is 0 Å². The summed E-state index contributed by atoms with van der Waals surface area (Å²) in [5, 5.41) is 7.55. The van der Waals surface area contributed by atoms with Crippen LogP contribution < -0.4 is 4.74 Å². The van der Waals surface area contributed by atoms with Crippen molar-refractivity contribution in [3.05, 3.63) is 29.7 Å². The van der Waals surface area contributed by atoms with Gasteiger partial charge in [-0.2, -0.15) is 9.37 Å². The molecule has 2 aromatic rings. The number of aromatic nitrogens is 5. The number of aryl methyl sites for hydroxylation is 2. The van der Waals surface area contributed by atoms with Gasteiger partial charge in [-0.3, -0.25) is 9.48 Å². The second-order valence-electron chi connectivity index (χ2n) is 5.35. The lowest BCUT2D eigenvalue weighted by Crippen LogP contribution is -2.31. The summed E-state index contributed by atoms with van der Waals surface area (Å²) in [6.07, 6.45) is 3.62. The average Bonchev–Trinajstić information content (AvgIpc) is 3.18. The van der Waals surface area contributed by atoms with Crippen molar-refractivity contribution in [3.63, 3.8) is 0 Å². The number of rotatable bonds is 4. The molecule has 3 rings (SSSR count). The number of halogens is 1. The number of carbonyl (C=O) groups is 1. The van der Waals surface area contributed by atoms with Gasteiger partial charge in [-0.1, -0.05) is 12.1 Å². The maximum Gasteiger partial charge on any atom is 0.276 e. The summed E-state index contributed by atoms with van der Waals surface area (Å²) in [6, 6.07) is 0. The molecule has 0 N–H and O–H groups in total. The quantitative estimate of drug-likeness (QED) is 0.820. The van der Waals surface area contributed by atoms with Gasteiger partial charge in [-0.15, -0.1) is 5.10 Å². The zero-order valence-corrected chi connectivity index (χ0v) is 12.9. The number of amides is 1. The van der Waals surface area contributed by atoms with Crippen molar-refractivity contribution in [2.24, 2.45) is 7.05 Å². The molecular formula is C14H17FN6O2. The summed E-state index contributed by atoms with van der Waals surface area (Å²) in [4.78, 5) is 21.6. The van der Waals surface area contributed by atoms with Crippen LogP contribution in [-0.2, 0) is 13.5 Å². The molecule has 1 atom stereocenters. The molecule has 0 radical (unpaired) electrons. The SMILES string of the molecule is CCc1ncnc(O[C@@H]2CCN(C(=O)c3cn(C)nn3)C2)c1F. The van der Waals surface area contributed by atoms with E-state index in [0.717, 1.165) is 0 Å². The highest BCUT2D eigenvalue weighted by Gasteiger charge is 2.30. The molecular weight excluding hydrogens is 303 g/mol. The summed E-state index contributed by atoms with van der Waals surface area (Å²) in [6.45, 7) is 2.69. The Balaban J connectivity index is 1.65. The first-order chi connectivity index (χ1) is 11.1. The van der Waals surface area contributed by atoms with Crippen LogP contribution in [0.25, 0.3) is 0 Å². The van der Waals surface area contributed by atoms with Crippen molar-refractivity contribution in [2.45, 2.75) is 25.9 Å². The Hall–Kier alpha value is -2.58. The molecule has 0 aliphatic carbocycles. The van der Waals surface area contributed by atoms with E-state index < -0.39 is 5.82 Å². The topological polar surface area (TPSA) is 86.0 Å². The van der Waals surface area contributed by atoms with Crippen LogP contribution in [0.4, 0.5) is 4.39 Å². The second kappa shape index (κ2) is 6.27. The van der Waals surface area contributed by atoms with Gasteiger partial charge in [0, 0.05) is 20.0 Å². The van der Waals surface area contributed by atoms with Crippen LogP contribution in [0.1, 0.15) is 29.5 Å². The molecule has 122 valence electrons. The zero-order valence-electron chi connectivity index (χ0n) is 12.9. The van der Waals surface area contributed by atoms with Crippen LogP contribution in [0, 0.1) is 5.82 Å². The highest BCUT2D eigenvalue weighted by atomic mass is 19.1. The van der Waals surface area contributed by atoms with Gasteiger partial charge in [0.2, 0.25) is 5.82 Å². The van der Waals surface area contributed by atoms with Crippen LogP contribution in [-0.4, -0.2) is 55.0 Å². The average molecular weight is 320 g/mol. The molecule has 0 bridgehead atoms. The first kappa shape index (κ1) is 15.3. The van der Waals surface area contributed by atoms with E-state index in [1.165, 1.54) is 11.0 Å². The Bertz CT molecular complexity index is 719. The van der Waals surface area contributed by atoms with Gasteiger partial charge in [-0.25, -0.2) is 4.98 Å². The number of likely N-dealkylation sites (tertiary alicyclic amines) is 1. The van der Waals surface area contributed by atoms with Crippen molar-refractivity contribution in [2.75, 3.05) is 13.1 Å². The second-order valence-corrected chi connectivity index (χ2v) is 5.35. The molecule has 1 saturated heterocycles. The van der Waals surface area contributed by atoms with Gasteiger partial charge in [0.1, 0.15) is 12.4 Å². The van der Waals surface area contributed by atoms with E-state index in [-0.39, 0.29) is 23.6 Å². The molecule has 1 amide bonds. The Morgan fingerprint density at radius 1 is 1.48 bits per heavy atom. The number of hydrogen-bond donors (Lipinski definition) is 0. The van der Waals surface area contributed by atoms with Crippen molar-refractivity contribution in [3.8, 4) is 5.88 Å². The Labute approximate surface area is 132 Å². The van der Waals surface area contributed by atoms with Gasteiger partial charge in [0.15, 0.2) is 5.69 Å². The van der Waals surface area contributed by atoms with Crippen LogP contribution in [0.5, 0.6) is 5.88 Å². The van der Waals surface area contributed by atoms with E-state index >= 15 is 0 Å². The van der Waals surface area contributed by atoms with Gasteiger partial charge < -0.3 is 9.64 Å². The monoisotopic (exact) mass is 320 g/mol. The van der Waals surface area contributed by atoms with Crippen molar-refractivity contribution < 1.29 is 13.9 Å². The largest absolute Gasteiger partial charge is 0.470 e. The van der Waals surface area contributed by atoms with Crippen LogP contribution in [0.2, 0.25) is 0 Å². The molecule has 2 aromatic heterocycles. The lowest BCUT2D eigenvalue weighted by atomic mass is 10.3. The third kappa shape index (κ3) is 3.13. The van der Waals surface area contributed by atoms with Crippen LogP contribution in [0.15, 0.2) is 12.5 Å². The molecule has 0 saturated carbocycles. The minimum absolute atomic E-state index is 0.0596. The third-order valence-electron chi connectivity index (χ3n) is 3.70. The fourth-order valence-corrected chi connectivity index (χ4v) is 2.49. The molecule has 1 aliphatic heterocycles. The predicted octanol–water partition coefficient (Wildman–Crippen LogP) is 0.600. The minimum Gasteiger partial charge on any atom is -0.470 e. The maximum absolute atomic E-state index is 14.1. The smallest absolute Gasteiger partial charge is 0.276 e. The molecule has 0 spiro atoms. The lowest BCUT2D eigenvalue weighted by molar-refractivity contribution is 0.0764. The van der Waals surface area contributed by atoms with Crippen molar-refractivity contribution >= 4 is 5.91 Å². The zero-order chi connectivity index (χ0) is 16.4. The number of nitrogens with zero attached hydrogens (tertiary/aromatic N) is 6. The molecule has 0 unspecified atom stereocenters. The van der Waals surface area contributed by atoms with E-state index in [0.29, 0.717) is 31.6 Å². The minimum atomic E-state index is -0.534. The summed E-state index contributed by atoms with van der Waals surface area (Å²) in [7, 11) is 1.70. The van der Waals surface area contributed by atoms with E-state index in [1.54, 1.807) is 18.1 Å². The first-order valence-corrected chi connectivity index (χ1v) is 7.40. The molecule has 0 aromatic carbocycles. The van der Waals surface area contributed by atoms with E-state index in [1.807, 2.05) is 6.92 Å². The molecule has 23 heavy (non-hydrogen) atoms. The summed E-state index contributed by atoms with van der Waals surface area (Å²) in [5.41, 5.74) is 0.607. The van der Waals surface area contributed by atoms with Gasteiger partial charge in [0.25, 0.3) is 11.8 Å². The summed E-state index contributed by atoms with van der Waals surface area (Å²) in [5.74, 6) is -0.800. The summed E-state index contributed by atoms with van der Waals surface area (Å²) >= 11 is 0. The number of hydrogen-bond acceptors (Lipinski definition) is 6. The van der Waals surface area contributed by atoms with Crippen LogP contribution >= 0.6 is 0 Å². The molecule has 1 fully saturated rings. The van der Waals surface area contributed by atoms with Crippen molar-refractivity contribution in [1.82, 2.24) is 29.9 Å². The fraction of sp³-hybridized carbons (Fsp3) is 0.500. The molecule has 3 heterocycles. The maximum atomic E-state index is 14.1. The fourth-order valence-electron chi connectivity index (χ4n) is 2.49. The molecule has 9 heteroatoms. The van der Waals surface area contributed by atoms with Gasteiger partial charge in [0.05, 0.1) is 18.4 Å². The highest BCUT2D eigenvalue weighted by Crippen LogP contribution is 2.21. The standard InChI is InChI=1S/C14H17FN6O2/c1-3-10-12(15)13(17-8-16-10)23-9-4-5-21(6-9)14(22)11-7-20(2)19-18-11/h7-9H,3-6H2,1-2H3/t9-/m1/s1. The molecule has 1 aliphatic rings. The van der Waals surface area contributed by atoms with Crippen molar-refractivity contribution in [1.29, 1.82) is 0 Å². The molecule has 8 nitrogen and oxygen atoms in total. The lowest BCUT2D eigenvalue weighted by Gasteiger charge is -2.16. The predicted molar refractivity (Wildman–Crippen MR) is 77.3 cm³/mol. The Kier molecular flexibility index (Phi) is 4.18. The summed E-state index contributed by atoms with van der Waals surface area (Å²) < 4.78 is 21.2. The first-order valence-electron chi connectivity index (χ1n) is 7.40. The number of ether oxygens (including phenoxy) is 1. The third-order valence-corrected chi connectivity index (χ3v) is 3.70. The van der Waals surface area contributed by atoms with E-state index in [9.17, 15) is 9.18 Å². The van der Waals surface area contributed by atoms with Crippen LogP contribution in [0.3, 0.4) is 0 Å². The normalized spacial score (nSPS) is 17.5. The van der Waals surface area contributed by atoms with E-state index in [4.69, 9.17) is 4.74 Å². The Morgan fingerprint density at radius 2 is 2.30 bits per heavy atom.